The lowest BCUT2D eigenvalue weighted by molar-refractivity contribution is 0.104. The quantitative estimate of drug-likeness (QED) is 0.576. The van der Waals surface area contributed by atoms with Crippen LogP contribution in [0.3, 0.4) is 0 Å². The summed E-state index contributed by atoms with van der Waals surface area (Å²) in [5.74, 6) is -0.124. The molecule has 0 atom stereocenters. The fourth-order valence-corrected chi connectivity index (χ4v) is 1.96. The van der Waals surface area contributed by atoms with Crippen molar-refractivity contribution >= 4 is 35.1 Å². The first-order valence-corrected chi connectivity index (χ1v) is 6.15. The maximum Gasteiger partial charge on any atom is 0.187 e. The van der Waals surface area contributed by atoms with Gasteiger partial charge in [0.05, 0.1) is 5.02 Å². The molecule has 0 spiro atoms. The number of halogens is 2. The fourth-order valence-electron chi connectivity index (χ4n) is 1.53. The number of allylic oxidation sites excluding steroid dienone is 1. The minimum Gasteiger partial charge on any atom is -0.289 e. The molecule has 0 N–H and O–H groups in total. The number of hydrogen-bond acceptors (Lipinski definition) is 1. The number of carbonyl (C=O) groups is 1. The summed E-state index contributed by atoms with van der Waals surface area (Å²) in [6.45, 7) is 0. The fraction of sp³-hybridized carbons (Fsp3) is 0. The van der Waals surface area contributed by atoms with Crippen molar-refractivity contribution in [2.45, 2.75) is 0 Å². The van der Waals surface area contributed by atoms with Gasteiger partial charge in [0.25, 0.3) is 0 Å². The monoisotopic (exact) mass is 276 g/mol. The summed E-state index contributed by atoms with van der Waals surface area (Å²) < 4.78 is 0. The largest absolute Gasteiger partial charge is 0.289 e. The highest BCUT2D eigenvalue weighted by molar-refractivity contribution is 6.34. The molecule has 0 aliphatic heterocycles. The predicted molar refractivity (Wildman–Crippen MR) is 76.3 cm³/mol. The Morgan fingerprint density at radius 2 is 1.78 bits per heavy atom. The van der Waals surface area contributed by atoms with Gasteiger partial charge in [-0.05, 0) is 35.9 Å². The number of benzene rings is 2. The molecular weight excluding hydrogens is 267 g/mol. The van der Waals surface area contributed by atoms with E-state index >= 15 is 0 Å². The van der Waals surface area contributed by atoms with Crippen LogP contribution in [0.5, 0.6) is 0 Å². The van der Waals surface area contributed by atoms with Crippen molar-refractivity contribution in [2.24, 2.45) is 0 Å². The zero-order chi connectivity index (χ0) is 13.0. The number of hydrogen-bond donors (Lipinski definition) is 0. The minimum absolute atomic E-state index is 0.124. The summed E-state index contributed by atoms with van der Waals surface area (Å²) in [6.07, 6.45) is 3.21. The first-order chi connectivity index (χ1) is 8.66. The zero-order valence-electron chi connectivity index (χ0n) is 9.44. The Morgan fingerprint density at radius 1 is 1.00 bits per heavy atom. The summed E-state index contributed by atoms with van der Waals surface area (Å²) in [6, 6.07) is 14.3. The zero-order valence-corrected chi connectivity index (χ0v) is 10.9. The summed E-state index contributed by atoms with van der Waals surface area (Å²) >= 11 is 11.8. The van der Waals surface area contributed by atoms with Crippen LogP contribution in [0.15, 0.2) is 54.6 Å². The van der Waals surface area contributed by atoms with Crippen molar-refractivity contribution < 1.29 is 4.79 Å². The van der Waals surface area contributed by atoms with Crippen molar-refractivity contribution in [1.29, 1.82) is 0 Å². The summed E-state index contributed by atoms with van der Waals surface area (Å²) in [7, 11) is 0. The van der Waals surface area contributed by atoms with Crippen LogP contribution in [-0.2, 0) is 0 Å². The molecule has 0 heterocycles. The highest BCUT2D eigenvalue weighted by atomic mass is 35.5. The van der Waals surface area contributed by atoms with E-state index in [9.17, 15) is 4.79 Å². The lowest BCUT2D eigenvalue weighted by atomic mass is 10.1. The van der Waals surface area contributed by atoms with Gasteiger partial charge in [-0.15, -0.1) is 0 Å². The molecule has 0 saturated carbocycles. The Kier molecular flexibility index (Phi) is 4.19. The van der Waals surface area contributed by atoms with Crippen LogP contribution in [0.4, 0.5) is 0 Å². The molecular formula is C15H10Cl2O. The number of carbonyl (C=O) groups excluding carboxylic acids is 1. The molecule has 2 aromatic carbocycles. The molecule has 0 unspecified atom stereocenters. The predicted octanol–water partition coefficient (Wildman–Crippen LogP) is 4.89. The second-order valence-electron chi connectivity index (χ2n) is 3.73. The van der Waals surface area contributed by atoms with E-state index in [0.717, 1.165) is 5.56 Å². The number of ketones is 1. The van der Waals surface area contributed by atoms with Crippen molar-refractivity contribution in [3.63, 3.8) is 0 Å². The van der Waals surface area contributed by atoms with Crippen LogP contribution in [0.25, 0.3) is 6.08 Å². The molecule has 0 aliphatic carbocycles. The van der Waals surface area contributed by atoms with Crippen LogP contribution in [0.2, 0.25) is 10.0 Å². The van der Waals surface area contributed by atoms with Crippen LogP contribution in [0.1, 0.15) is 15.9 Å². The second kappa shape index (κ2) is 5.85. The molecule has 18 heavy (non-hydrogen) atoms. The van der Waals surface area contributed by atoms with E-state index in [1.54, 1.807) is 42.5 Å². The Bertz CT molecular complexity index is 603. The van der Waals surface area contributed by atoms with Crippen molar-refractivity contribution in [2.75, 3.05) is 0 Å². The topological polar surface area (TPSA) is 17.1 Å². The third kappa shape index (κ3) is 3.22. The minimum atomic E-state index is -0.124. The Labute approximate surface area is 116 Å². The Balaban J connectivity index is 2.20. The molecule has 0 aliphatic rings. The molecule has 90 valence electrons. The highest BCUT2D eigenvalue weighted by Gasteiger charge is 2.05. The lowest BCUT2D eigenvalue weighted by Gasteiger charge is -1.98. The second-order valence-corrected chi connectivity index (χ2v) is 4.58. The van der Waals surface area contributed by atoms with Crippen LogP contribution >= 0.6 is 23.2 Å². The number of rotatable bonds is 3. The van der Waals surface area contributed by atoms with Crippen LogP contribution in [0, 0.1) is 0 Å². The average molecular weight is 277 g/mol. The van der Waals surface area contributed by atoms with E-state index in [1.807, 2.05) is 12.1 Å². The van der Waals surface area contributed by atoms with E-state index in [2.05, 4.69) is 0 Å². The normalized spacial score (nSPS) is 10.8. The molecule has 3 heteroatoms. The van der Waals surface area contributed by atoms with Gasteiger partial charge in [0.2, 0.25) is 0 Å². The Hall–Kier alpha value is -1.57. The Morgan fingerprint density at radius 3 is 2.50 bits per heavy atom. The molecule has 0 radical (unpaired) electrons. The molecule has 0 aromatic heterocycles. The standard InChI is InChI=1S/C15H10Cl2O/c16-12-5-3-4-11(10-12)8-9-15(18)13-6-1-2-7-14(13)17/h1-10H. The smallest absolute Gasteiger partial charge is 0.187 e. The van der Waals surface area contributed by atoms with Gasteiger partial charge in [-0.3, -0.25) is 4.79 Å². The van der Waals surface area contributed by atoms with Gasteiger partial charge in [-0.2, -0.15) is 0 Å². The summed E-state index contributed by atoms with van der Waals surface area (Å²) in [5.41, 5.74) is 1.38. The maximum absolute atomic E-state index is 11.9. The first kappa shape index (κ1) is 12.9. The van der Waals surface area contributed by atoms with Crippen molar-refractivity contribution in [3.05, 3.63) is 75.8 Å². The molecule has 0 saturated heterocycles. The van der Waals surface area contributed by atoms with Gasteiger partial charge in [-0.25, -0.2) is 0 Å². The summed E-state index contributed by atoms with van der Waals surface area (Å²) in [5, 5.41) is 1.10. The third-order valence-electron chi connectivity index (χ3n) is 2.42. The lowest BCUT2D eigenvalue weighted by Crippen LogP contribution is -1.94. The third-order valence-corrected chi connectivity index (χ3v) is 2.98. The van der Waals surface area contributed by atoms with E-state index in [-0.39, 0.29) is 5.78 Å². The molecule has 2 rings (SSSR count). The van der Waals surface area contributed by atoms with Crippen molar-refractivity contribution in [1.82, 2.24) is 0 Å². The van der Waals surface area contributed by atoms with Crippen LogP contribution in [-0.4, -0.2) is 5.78 Å². The SMILES string of the molecule is O=C(C=Cc1cccc(Cl)c1)c1ccccc1Cl. The van der Waals surface area contributed by atoms with E-state index in [0.29, 0.717) is 15.6 Å². The van der Waals surface area contributed by atoms with E-state index < -0.39 is 0 Å². The van der Waals surface area contributed by atoms with Gasteiger partial charge >= 0.3 is 0 Å². The molecule has 2 aromatic rings. The molecule has 1 nitrogen and oxygen atoms in total. The summed E-state index contributed by atoms with van der Waals surface area (Å²) in [4.78, 5) is 11.9. The van der Waals surface area contributed by atoms with Gasteiger partial charge in [-0.1, -0.05) is 53.5 Å². The van der Waals surface area contributed by atoms with E-state index in [1.165, 1.54) is 6.08 Å². The average Bonchev–Trinajstić information content (AvgIpc) is 2.37. The first-order valence-electron chi connectivity index (χ1n) is 5.39. The van der Waals surface area contributed by atoms with Crippen LogP contribution < -0.4 is 0 Å². The van der Waals surface area contributed by atoms with Gasteiger partial charge in [0.15, 0.2) is 5.78 Å². The van der Waals surface area contributed by atoms with Gasteiger partial charge in [0.1, 0.15) is 0 Å². The van der Waals surface area contributed by atoms with E-state index in [4.69, 9.17) is 23.2 Å². The maximum atomic E-state index is 11.9. The van der Waals surface area contributed by atoms with Gasteiger partial charge in [0, 0.05) is 10.6 Å². The van der Waals surface area contributed by atoms with Crippen molar-refractivity contribution in [3.8, 4) is 0 Å². The van der Waals surface area contributed by atoms with Gasteiger partial charge < -0.3 is 0 Å². The molecule has 0 fully saturated rings. The molecule has 0 bridgehead atoms. The molecule has 0 amide bonds. The highest BCUT2D eigenvalue weighted by Crippen LogP contribution is 2.17.